The number of benzene rings is 1. The Hall–Kier alpha value is -1.20. The number of rotatable bonds is 6. The molecule has 19 heavy (non-hydrogen) atoms. The van der Waals surface area contributed by atoms with Crippen molar-refractivity contribution in [3.05, 3.63) is 29.3 Å². The second-order valence-corrected chi connectivity index (χ2v) is 5.40. The van der Waals surface area contributed by atoms with E-state index in [-0.39, 0.29) is 18.7 Å². The zero-order valence-corrected chi connectivity index (χ0v) is 12.5. The Labute approximate surface area is 119 Å². The number of aliphatic hydroxyl groups is 1. The second kappa shape index (κ2) is 8.07. The fourth-order valence-corrected chi connectivity index (χ4v) is 2.42. The Morgan fingerprint density at radius 3 is 2.84 bits per heavy atom. The van der Waals surface area contributed by atoms with Gasteiger partial charge in [0.25, 0.3) is 0 Å². The van der Waals surface area contributed by atoms with Crippen LogP contribution in [0.3, 0.4) is 0 Å². The van der Waals surface area contributed by atoms with Crippen LogP contribution in [0.25, 0.3) is 0 Å². The largest absolute Gasteiger partial charge is 0.396 e. The molecule has 0 radical (unpaired) electrons. The van der Waals surface area contributed by atoms with E-state index in [1.807, 2.05) is 25.3 Å². The van der Waals surface area contributed by atoms with Crippen LogP contribution in [-0.2, 0) is 6.54 Å². The highest BCUT2D eigenvalue weighted by Gasteiger charge is 2.07. The van der Waals surface area contributed by atoms with E-state index < -0.39 is 0 Å². The van der Waals surface area contributed by atoms with Gasteiger partial charge in [-0.2, -0.15) is 0 Å². The molecule has 1 atom stereocenters. The molecule has 1 aromatic rings. The van der Waals surface area contributed by atoms with Crippen molar-refractivity contribution in [3.63, 3.8) is 0 Å². The van der Waals surface area contributed by atoms with Gasteiger partial charge >= 0.3 is 6.03 Å². The summed E-state index contributed by atoms with van der Waals surface area (Å²) in [6.45, 7) is 4.51. The van der Waals surface area contributed by atoms with Gasteiger partial charge in [0.2, 0.25) is 0 Å². The van der Waals surface area contributed by atoms with Gasteiger partial charge in [-0.05, 0) is 43.7 Å². The maximum Gasteiger partial charge on any atom is 0.315 e. The molecule has 0 spiro atoms. The predicted molar refractivity (Wildman–Crippen MR) is 79.5 cm³/mol. The van der Waals surface area contributed by atoms with Crippen molar-refractivity contribution in [1.82, 2.24) is 10.6 Å². The molecule has 1 rings (SSSR count). The van der Waals surface area contributed by atoms with E-state index in [2.05, 4.69) is 23.6 Å². The molecule has 5 heteroatoms. The third-order valence-corrected chi connectivity index (χ3v) is 3.64. The number of aryl methyl sites for hydroxylation is 1. The van der Waals surface area contributed by atoms with E-state index in [9.17, 15) is 4.79 Å². The minimum absolute atomic E-state index is 0.0250. The molecule has 106 valence electrons. The predicted octanol–water partition coefficient (Wildman–Crippen LogP) is 2.29. The molecule has 0 aliphatic rings. The zero-order valence-electron chi connectivity index (χ0n) is 11.7. The molecule has 4 nitrogen and oxygen atoms in total. The summed E-state index contributed by atoms with van der Waals surface area (Å²) in [4.78, 5) is 12.8. The van der Waals surface area contributed by atoms with Gasteiger partial charge in [-0.3, -0.25) is 0 Å². The van der Waals surface area contributed by atoms with Gasteiger partial charge in [0, 0.05) is 24.1 Å². The van der Waals surface area contributed by atoms with Gasteiger partial charge in [-0.1, -0.05) is 12.1 Å². The van der Waals surface area contributed by atoms with Gasteiger partial charge in [0.1, 0.15) is 0 Å². The van der Waals surface area contributed by atoms with Crippen LogP contribution >= 0.6 is 11.8 Å². The second-order valence-electron chi connectivity index (χ2n) is 4.56. The summed E-state index contributed by atoms with van der Waals surface area (Å²) >= 11 is 1.68. The Balaban J connectivity index is 2.50. The van der Waals surface area contributed by atoms with Crippen LogP contribution in [0.1, 0.15) is 24.5 Å². The molecule has 3 N–H and O–H groups in total. The van der Waals surface area contributed by atoms with Crippen molar-refractivity contribution in [1.29, 1.82) is 0 Å². The van der Waals surface area contributed by atoms with Gasteiger partial charge in [-0.25, -0.2) is 4.79 Å². The lowest BCUT2D eigenvalue weighted by molar-refractivity contribution is 0.230. The number of nitrogens with one attached hydrogen (secondary N) is 2. The summed E-state index contributed by atoms with van der Waals surface area (Å²) in [7, 11) is 0. The lowest BCUT2D eigenvalue weighted by Crippen LogP contribution is -2.40. The van der Waals surface area contributed by atoms with Crippen molar-refractivity contribution in [2.75, 3.05) is 12.9 Å². The number of carbonyl (C=O) groups is 1. The standard InChI is InChI=1S/C14H22N2O2S/c1-10-4-5-12(13(8-10)19-3)9-15-14(18)16-11(2)6-7-17/h4-5,8,11,17H,6-7,9H2,1-3H3,(H2,15,16,18)/t11-/m1/s1. The molecule has 0 fully saturated rings. The summed E-state index contributed by atoms with van der Waals surface area (Å²) in [5, 5.41) is 14.4. The SMILES string of the molecule is CSc1cc(C)ccc1CNC(=O)N[C@H](C)CCO. The molecule has 0 saturated heterocycles. The molecular formula is C14H22N2O2S. The van der Waals surface area contributed by atoms with Gasteiger partial charge in [0.15, 0.2) is 0 Å². The van der Waals surface area contributed by atoms with Gasteiger partial charge in [0.05, 0.1) is 0 Å². The number of hydrogen-bond acceptors (Lipinski definition) is 3. The lowest BCUT2D eigenvalue weighted by atomic mass is 10.1. The number of urea groups is 1. The lowest BCUT2D eigenvalue weighted by Gasteiger charge is -2.14. The molecule has 0 bridgehead atoms. The molecule has 0 heterocycles. The molecule has 0 aliphatic carbocycles. The number of carbonyl (C=O) groups excluding carboxylic acids is 1. The van der Waals surface area contributed by atoms with E-state index in [0.29, 0.717) is 13.0 Å². The molecule has 0 unspecified atom stereocenters. The molecule has 2 amide bonds. The number of hydrogen-bond donors (Lipinski definition) is 3. The molecule has 0 aromatic heterocycles. The minimum Gasteiger partial charge on any atom is -0.396 e. The normalized spacial score (nSPS) is 12.0. The third-order valence-electron chi connectivity index (χ3n) is 2.82. The van der Waals surface area contributed by atoms with E-state index in [4.69, 9.17) is 5.11 Å². The van der Waals surface area contributed by atoms with E-state index in [0.717, 1.165) is 5.56 Å². The van der Waals surface area contributed by atoms with Crippen LogP contribution in [0.15, 0.2) is 23.1 Å². The number of aliphatic hydroxyl groups excluding tert-OH is 1. The monoisotopic (exact) mass is 282 g/mol. The van der Waals surface area contributed by atoms with E-state index in [1.165, 1.54) is 10.5 Å². The number of thioether (sulfide) groups is 1. The minimum atomic E-state index is -0.200. The van der Waals surface area contributed by atoms with Crippen LogP contribution in [0.2, 0.25) is 0 Å². The summed E-state index contributed by atoms with van der Waals surface area (Å²) in [6.07, 6.45) is 2.59. The maximum atomic E-state index is 11.7. The highest BCUT2D eigenvalue weighted by atomic mass is 32.2. The third kappa shape index (κ3) is 5.53. The Bertz CT molecular complexity index is 424. The van der Waals surface area contributed by atoms with E-state index >= 15 is 0 Å². The summed E-state index contributed by atoms with van der Waals surface area (Å²) in [6, 6.07) is 5.98. The first-order valence-corrected chi connectivity index (χ1v) is 7.58. The Morgan fingerprint density at radius 1 is 1.47 bits per heavy atom. The first kappa shape index (κ1) is 15.9. The number of amides is 2. The fraction of sp³-hybridized carbons (Fsp3) is 0.500. The van der Waals surface area contributed by atoms with Crippen molar-refractivity contribution >= 4 is 17.8 Å². The van der Waals surface area contributed by atoms with Crippen LogP contribution in [0.4, 0.5) is 4.79 Å². The van der Waals surface area contributed by atoms with Crippen molar-refractivity contribution in [2.45, 2.75) is 37.8 Å². The summed E-state index contributed by atoms with van der Waals surface area (Å²) in [5.41, 5.74) is 2.33. The van der Waals surface area contributed by atoms with Crippen LogP contribution in [0.5, 0.6) is 0 Å². The Morgan fingerprint density at radius 2 is 2.21 bits per heavy atom. The smallest absolute Gasteiger partial charge is 0.315 e. The van der Waals surface area contributed by atoms with Crippen LogP contribution in [-0.4, -0.2) is 30.0 Å². The molecular weight excluding hydrogens is 260 g/mol. The molecule has 1 aromatic carbocycles. The Kier molecular flexibility index (Phi) is 6.73. The first-order chi connectivity index (χ1) is 9.06. The fourth-order valence-electron chi connectivity index (χ4n) is 1.71. The average molecular weight is 282 g/mol. The van der Waals surface area contributed by atoms with Gasteiger partial charge < -0.3 is 15.7 Å². The van der Waals surface area contributed by atoms with Crippen LogP contribution in [0, 0.1) is 6.92 Å². The highest BCUT2D eigenvalue weighted by molar-refractivity contribution is 7.98. The average Bonchev–Trinajstić information content (AvgIpc) is 2.37. The zero-order chi connectivity index (χ0) is 14.3. The molecule has 0 saturated carbocycles. The van der Waals surface area contributed by atoms with Crippen molar-refractivity contribution in [3.8, 4) is 0 Å². The van der Waals surface area contributed by atoms with E-state index in [1.54, 1.807) is 11.8 Å². The van der Waals surface area contributed by atoms with Crippen molar-refractivity contribution in [2.24, 2.45) is 0 Å². The maximum absolute atomic E-state index is 11.7. The van der Waals surface area contributed by atoms with Crippen molar-refractivity contribution < 1.29 is 9.90 Å². The van der Waals surface area contributed by atoms with Crippen LogP contribution < -0.4 is 10.6 Å². The molecule has 0 aliphatic heterocycles. The topological polar surface area (TPSA) is 61.4 Å². The first-order valence-electron chi connectivity index (χ1n) is 6.35. The quantitative estimate of drug-likeness (QED) is 0.702. The van der Waals surface area contributed by atoms with Gasteiger partial charge in [-0.15, -0.1) is 11.8 Å². The highest BCUT2D eigenvalue weighted by Crippen LogP contribution is 2.21. The summed E-state index contributed by atoms with van der Waals surface area (Å²) < 4.78 is 0. The summed E-state index contributed by atoms with van der Waals surface area (Å²) in [5.74, 6) is 0.